The number of thiophene rings is 1. The number of hydrogen-bond donors (Lipinski definition) is 0. The van der Waals surface area contributed by atoms with Gasteiger partial charge in [-0.2, -0.15) is 0 Å². The maximum Gasteiger partial charge on any atom is 0.159 e. The van der Waals surface area contributed by atoms with Gasteiger partial charge >= 0.3 is 0 Å². The molecule has 11 aromatic rings. The maximum absolute atomic E-state index is 6.90. The smallest absolute Gasteiger partial charge is 0.159 e. The maximum atomic E-state index is 6.90. The molecule has 4 heteroatoms. The van der Waals surface area contributed by atoms with Crippen molar-refractivity contribution in [1.82, 2.24) is 0 Å². The van der Waals surface area contributed by atoms with E-state index >= 15 is 0 Å². The van der Waals surface area contributed by atoms with Gasteiger partial charge in [0.05, 0.1) is 11.4 Å². The highest BCUT2D eigenvalue weighted by Gasteiger charge is 2.25. The Morgan fingerprint density at radius 1 is 0.328 bits per heavy atom. The van der Waals surface area contributed by atoms with Crippen LogP contribution in [0.5, 0.6) is 0 Å². The number of benzene rings is 9. The third-order valence-corrected chi connectivity index (χ3v) is 12.2. The highest BCUT2D eigenvalue weighted by Crippen LogP contribution is 2.49. The Balaban J connectivity index is 1.18. The van der Waals surface area contributed by atoms with Gasteiger partial charge in [-0.1, -0.05) is 146 Å². The van der Waals surface area contributed by atoms with Crippen molar-refractivity contribution in [3.63, 3.8) is 0 Å². The first-order valence-corrected chi connectivity index (χ1v) is 20.4. The van der Waals surface area contributed by atoms with E-state index < -0.39 is 0 Å². The van der Waals surface area contributed by atoms with E-state index in [2.05, 4.69) is 222 Å². The van der Waals surface area contributed by atoms with E-state index in [0.717, 1.165) is 67.2 Å². The average Bonchev–Trinajstić information content (AvgIpc) is 3.87. The predicted molar refractivity (Wildman–Crippen MR) is 247 cm³/mol. The fourth-order valence-electron chi connectivity index (χ4n) is 8.33. The van der Waals surface area contributed by atoms with Crippen LogP contribution in [0, 0.1) is 0 Å². The van der Waals surface area contributed by atoms with Crippen molar-refractivity contribution in [2.45, 2.75) is 0 Å². The third-order valence-electron chi connectivity index (χ3n) is 11.0. The lowest BCUT2D eigenvalue weighted by molar-refractivity contribution is 0.669. The number of rotatable bonds is 8. The molecule has 0 fully saturated rings. The van der Waals surface area contributed by atoms with Gasteiger partial charge in [0.1, 0.15) is 5.58 Å². The summed E-state index contributed by atoms with van der Waals surface area (Å²) in [6.45, 7) is 0. The molecule has 58 heavy (non-hydrogen) atoms. The zero-order valence-corrected chi connectivity index (χ0v) is 32.3. The molecule has 9 aromatic carbocycles. The molecule has 0 bridgehead atoms. The van der Waals surface area contributed by atoms with Crippen LogP contribution in [0.2, 0.25) is 0 Å². The van der Waals surface area contributed by atoms with Gasteiger partial charge in [0.2, 0.25) is 0 Å². The van der Waals surface area contributed by atoms with Crippen molar-refractivity contribution < 1.29 is 4.42 Å². The molecule has 0 N–H and O–H groups in total. The molecule has 3 nitrogen and oxygen atoms in total. The summed E-state index contributed by atoms with van der Waals surface area (Å²) in [5, 5.41) is 4.63. The molecule has 0 saturated heterocycles. The summed E-state index contributed by atoms with van der Waals surface area (Å²) >= 11 is 1.84. The number of furan rings is 1. The molecule has 274 valence electrons. The summed E-state index contributed by atoms with van der Waals surface area (Å²) in [4.78, 5) is 4.77. The number of fused-ring (bicyclic) bond motifs is 6. The molecule has 0 aliphatic rings. The molecule has 0 amide bonds. The van der Waals surface area contributed by atoms with Crippen LogP contribution in [0.1, 0.15) is 0 Å². The number of hydrogen-bond acceptors (Lipinski definition) is 4. The minimum atomic E-state index is 0.830. The predicted octanol–water partition coefficient (Wildman–Crippen LogP) is 16.2. The summed E-state index contributed by atoms with van der Waals surface area (Å²) < 4.78 is 9.43. The first-order valence-electron chi connectivity index (χ1n) is 19.6. The SMILES string of the molecule is c1ccc(-c2ccc(N(c3ccc(-c4ccccc4)cc3)c3cc(N(c4ccccc4)c4cccc5sc6ccccc6c45)cc4c3oc3ccccc34)cc2)cc1. The van der Waals surface area contributed by atoms with Crippen LogP contribution in [0.15, 0.2) is 223 Å². The van der Waals surface area contributed by atoms with Gasteiger partial charge in [-0.15, -0.1) is 11.3 Å². The second kappa shape index (κ2) is 14.3. The van der Waals surface area contributed by atoms with Crippen molar-refractivity contribution in [3.8, 4) is 22.3 Å². The van der Waals surface area contributed by atoms with Gasteiger partial charge in [-0.05, 0) is 95.1 Å². The van der Waals surface area contributed by atoms with Gasteiger partial charge in [-0.3, -0.25) is 0 Å². The van der Waals surface area contributed by atoms with Crippen LogP contribution in [0.3, 0.4) is 0 Å². The van der Waals surface area contributed by atoms with Gasteiger partial charge in [0.25, 0.3) is 0 Å². The molecule has 0 atom stereocenters. The van der Waals surface area contributed by atoms with Crippen LogP contribution in [0.4, 0.5) is 34.1 Å². The molecule has 11 rings (SSSR count). The molecule has 0 spiro atoms. The monoisotopic (exact) mass is 760 g/mol. The summed E-state index contributed by atoms with van der Waals surface area (Å²) in [5.41, 5.74) is 12.6. The second-order valence-corrected chi connectivity index (χ2v) is 15.6. The quantitative estimate of drug-likeness (QED) is 0.154. The van der Waals surface area contributed by atoms with Crippen molar-refractivity contribution in [2.75, 3.05) is 9.80 Å². The molecule has 0 radical (unpaired) electrons. The Bertz CT molecular complexity index is 3120. The summed E-state index contributed by atoms with van der Waals surface area (Å²) in [6, 6.07) is 78.0. The van der Waals surface area contributed by atoms with E-state index in [-0.39, 0.29) is 0 Å². The summed E-state index contributed by atoms with van der Waals surface area (Å²) in [7, 11) is 0. The topological polar surface area (TPSA) is 19.6 Å². The lowest BCUT2D eigenvalue weighted by Crippen LogP contribution is -2.14. The fourth-order valence-corrected chi connectivity index (χ4v) is 9.46. The Morgan fingerprint density at radius 2 is 0.828 bits per heavy atom. The minimum absolute atomic E-state index is 0.830. The van der Waals surface area contributed by atoms with E-state index in [9.17, 15) is 0 Å². The Kier molecular flexibility index (Phi) is 8.34. The average molecular weight is 761 g/mol. The zero-order chi connectivity index (χ0) is 38.4. The standard InChI is InChI=1S/C54H36N2OS/c1-4-15-37(16-5-1)39-27-31-42(32-28-39)55(43-33-29-40(30-34-43)38-17-6-2-7-18-38)49-36-44(35-47-45-21-10-12-24-50(45)57-54(47)49)56(41-19-8-3-9-20-41)48-23-14-26-52-53(48)46-22-11-13-25-51(46)58-52/h1-36H. The van der Waals surface area contributed by atoms with Crippen molar-refractivity contribution in [1.29, 1.82) is 0 Å². The third kappa shape index (κ3) is 5.90. The zero-order valence-electron chi connectivity index (χ0n) is 31.5. The van der Waals surface area contributed by atoms with Crippen LogP contribution in [0.25, 0.3) is 64.4 Å². The van der Waals surface area contributed by atoms with Crippen LogP contribution >= 0.6 is 11.3 Å². The Morgan fingerprint density at radius 3 is 1.48 bits per heavy atom. The highest BCUT2D eigenvalue weighted by atomic mass is 32.1. The van der Waals surface area contributed by atoms with E-state index in [1.807, 2.05) is 17.4 Å². The number of anilines is 6. The Hall–Kier alpha value is -7.40. The van der Waals surface area contributed by atoms with Crippen molar-refractivity contribution in [2.24, 2.45) is 0 Å². The largest absolute Gasteiger partial charge is 0.454 e. The van der Waals surface area contributed by atoms with Gasteiger partial charge in [-0.25, -0.2) is 0 Å². The first kappa shape index (κ1) is 33.9. The van der Waals surface area contributed by atoms with E-state index in [4.69, 9.17) is 4.42 Å². The molecule has 0 saturated carbocycles. The molecular weight excluding hydrogens is 725 g/mol. The minimum Gasteiger partial charge on any atom is -0.454 e. The van der Waals surface area contributed by atoms with Gasteiger partial charge in [0, 0.05) is 53.7 Å². The molecule has 2 aromatic heterocycles. The van der Waals surface area contributed by atoms with Gasteiger partial charge < -0.3 is 14.2 Å². The molecule has 2 heterocycles. The number of nitrogens with zero attached hydrogens (tertiary/aromatic N) is 2. The van der Waals surface area contributed by atoms with E-state index in [1.165, 1.54) is 31.3 Å². The molecule has 0 unspecified atom stereocenters. The highest BCUT2D eigenvalue weighted by molar-refractivity contribution is 7.26. The van der Waals surface area contributed by atoms with Gasteiger partial charge in [0.15, 0.2) is 5.58 Å². The fraction of sp³-hybridized carbons (Fsp3) is 0. The lowest BCUT2D eigenvalue weighted by atomic mass is 10.0. The summed E-state index contributed by atoms with van der Waals surface area (Å²) in [6.07, 6.45) is 0. The first-order chi connectivity index (χ1) is 28.8. The Labute approximate surface area is 340 Å². The van der Waals surface area contributed by atoms with E-state index in [0.29, 0.717) is 0 Å². The molecule has 0 aliphatic heterocycles. The van der Waals surface area contributed by atoms with Crippen LogP contribution in [-0.2, 0) is 0 Å². The molecule has 0 aliphatic carbocycles. The van der Waals surface area contributed by atoms with Crippen LogP contribution < -0.4 is 9.80 Å². The van der Waals surface area contributed by atoms with Crippen LogP contribution in [-0.4, -0.2) is 0 Å². The summed E-state index contributed by atoms with van der Waals surface area (Å²) in [5.74, 6) is 0. The van der Waals surface area contributed by atoms with Crippen molar-refractivity contribution in [3.05, 3.63) is 218 Å². The normalized spacial score (nSPS) is 11.4. The number of para-hydroxylation sites is 2. The molecular formula is C54H36N2OS. The lowest BCUT2D eigenvalue weighted by Gasteiger charge is -2.30. The van der Waals surface area contributed by atoms with E-state index in [1.54, 1.807) is 0 Å². The second-order valence-electron chi connectivity index (χ2n) is 14.5. The van der Waals surface area contributed by atoms with Crippen molar-refractivity contribution >= 4 is 87.6 Å².